The van der Waals surface area contributed by atoms with Gasteiger partial charge in [-0.3, -0.25) is 0 Å². The number of hydrogen-bond acceptors (Lipinski definition) is 4. The molecule has 24 heavy (non-hydrogen) atoms. The van der Waals surface area contributed by atoms with Gasteiger partial charge in [0.25, 0.3) is 0 Å². The Morgan fingerprint density at radius 3 is 2.75 bits per heavy atom. The van der Waals surface area contributed by atoms with Crippen molar-refractivity contribution in [1.82, 2.24) is 10.6 Å². The third-order valence-corrected chi connectivity index (χ3v) is 4.69. The van der Waals surface area contributed by atoms with E-state index >= 15 is 0 Å². The molecule has 2 aliphatic rings. The molecular weight excluding hydrogens is 324 g/mol. The summed E-state index contributed by atoms with van der Waals surface area (Å²) in [6.07, 6.45) is 4.95. The Morgan fingerprint density at radius 1 is 1.29 bits per heavy atom. The Hall–Kier alpha value is -2.08. The number of carbonyl (C=O) groups is 1. The van der Waals surface area contributed by atoms with Crippen LogP contribution in [0.5, 0.6) is 5.75 Å². The number of nitrogens with one attached hydrogen (secondary N) is 2. The molecule has 1 aliphatic carbocycles. The van der Waals surface area contributed by atoms with E-state index in [9.17, 15) is 4.79 Å². The highest BCUT2D eigenvalue weighted by Crippen LogP contribution is 2.31. The van der Waals surface area contributed by atoms with Crippen molar-refractivity contribution >= 4 is 23.3 Å². The van der Waals surface area contributed by atoms with E-state index in [2.05, 4.69) is 10.6 Å². The molecule has 6 heteroatoms. The lowest BCUT2D eigenvalue weighted by atomic mass is 9.95. The molecule has 1 aromatic carbocycles. The molecule has 1 saturated carbocycles. The summed E-state index contributed by atoms with van der Waals surface area (Å²) in [7, 11) is 1.38. The van der Waals surface area contributed by atoms with Crippen LogP contribution in [0, 0.1) is 0 Å². The number of esters is 1. The molecule has 1 aromatic rings. The highest BCUT2D eigenvalue weighted by Gasteiger charge is 2.30. The van der Waals surface area contributed by atoms with E-state index in [-0.39, 0.29) is 12.0 Å². The van der Waals surface area contributed by atoms with Gasteiger partial charge in [0.15, 0.2) is 5.11 Å². The fourth-order valence-corrected chi connectivity index (χ4v) is 3.56. The number of hydrogen-bond donors (Lipinski definition) is 2. The molecule has 0 radical (unpaired) electrons. The van der Waals surface area contributed by atoms with Gasteiger partial charge in [-0.25, -0.2) is 4.79 Å². The van der Waals surface area contributed by atoms with Gasteiger partial charge in [-0.15, -0.1) is 0 Å². The van der Waals surface area contributed by atoms with Crippen molar-refractivity contribution in [1.29, 1.82) is 0 Å². The summed E-state index contributed by atoms with van der Waals surface area (Å²) in [4.78, 5) is 12.2. The van der Waals surface area contributed by atoms with E-state index in [1.807, 2.05) is 31.2 Å². The maximum atomic E-state index is 12.2. The van der Waals surface area contributed by atoms with Crippen LogP contribution in [0.25, 0.3) is 0 Å². The molecule has 0 spiro atoms. The molecule has 3 rings (SSSR count). The summed E-state index contributed by atoms with van der Waals surface area (Å²) in [6.45, 7) is 1.82. The molecule has 0 saturated heterocycles. The summed E-state index contributed by atoms with van der Waals surface area (Å²) in [5, 5.41) is 6.63. The first-order chi connectivity index (χ1) is 11.6. The molecular formula is C18H22N2O3S. The number of thiocarbonyl (C=S) groups is 1. The molecule has 5 nitrogen and oxygen atoms in total. The number of carbonyl (C=O) groups excluding carboxylic acids is 1. The average Bonchev–Trinajstić information content (AvgIpc) is 3.06. The van der Waals surface area contributed by atoms with Crippen LogP contribution < -0.4 is 15.4 Å². The van der Waals surface area contributed by atoms with Gasteiger partial charge in [-0.05, 0) is 62.5 Å². The Morgan fingerprint density at radius 2 is 2.04 bits per heavy atom. The van der Waals surface area contributed by atoms with Crippen molar-refractivity contribution in [3.63, 3.8) is 0 Å². The second-order valence-corrected chi connectivity index (χ2v) is 6.57. The third kappa shape index (κ3) is 3.53. The Bertz CT molecular complexity index is 681. The molecule has 0 amide bonds. The molecule has 1 heterocycles. The van der Waals surface area contributed by atoms with E-state index < -0.39 is 0 Å². The molecule has 1 unspecified atom stereocenters. The second-order valence-electron chi connectivity index (χ2n) is 6.16. The first-order valence-electron chi connectivity index (χ1n) is 8.21. The fraction of sp³-hybridized carbons (Fsp3) is 0.444. The van der Waals surface area contributed by atoms with Crippen LogP contribution in [0.4, 0.5) is 0 Å². The number of benzene rings is 1. The van der Waals surface area contributed by atoms with Crippen molar-refractivity contribution in [3.8, 4) is 5.75 Å². The molecule has 2 N–H and O–H groups in total. The minimum atomic E-state index is -0.373. The second kappa shape index (κ2) is 7.21. The summed E-state index contributed by atoms with van der Waals surface area (Å²) in [5.74, 6) is 0.453. The fourth-order valence-electron chi connectivity index (χ4n) is 3.29. The number of ether oxygens (including phenoxy) is 2. The summed E-state index contributed by atoms with van der Waals surface area (Å²) in [5.41, 5.74) is 2.16. The predicted octanol–water partition coefficient (Wildman–Crippen LogP) is 2.97. The third-order valence-electron chi connectivity index (χ3n) is 4.47. The molecule has 1 atom stereocenters. The lowest BCUT2D eigenvalue weighted by molar-refractivity contribution is -0.136. The van der Waals surface area contributed by atoms with Gasteiger partial charge >= 0.3 is 5.97 Å². The van der Waals surface area contributed by atoms with Crippen molar-refractivity contribution < 1.29 is 14.3 Å². The maximum absolute atomic E-state index is 12.2. The van der Waals surface area contributed by atoms with Gasteiger partial charge in [0, 0.05) is 5.70 Å². The van der Waals surface area contributed by atoms with Crippen molar-refractivity contribution in [3.05, 3.63) is 41.1 Å². The average molecular weight is 346 g/mol. The highest BCUT2D eigenvalue weighted by molar-refractivity contribution is 7.80. The van der Waals surface area contributed by atoms with E-state index in [4.69, 9.17) is 21.7 Å². The van der Waals surface area contributed by atoms with E-state index in [0.717, 1.165) is 24.2 Å². The molecule has 0 aromatic heterocycles. The van der Waals surface area contributed by atoms with Gasteiger partial charge < -0.3 is 20.1 Å². The summed E-state index contributed by atoms with van der Waals surface area (Å²) < 4.78 is 11.0. The minimum Gasteiger partial charge on any atom is -0.490 e. The zero-order valence-electron chi connectivity index (χ0n) is 13.9. The van der Waals surface area contributed by atoms with Crippen LogP contribution in [-0.4, -0.2) is 24.3 Å². The van der Waals surface area contributed by atoms with Gasteiger partial charge in [-0.2, -0.15) is 0 Å². The number of allylic oxidation sites excluding steroid dienone is 1. The van der Waals surface area contributed by atoms with E-state index in [1.54, 1.807) is 0 Å². The molecule has 1 aliphatic heterocycles. The Balaban J connectivity index is 1.89. The monoisotopic (exact) mass is 346 g/mol. The predicted molar refractivity (Wildman–Crippen MR) is 95.7 cm³/mol. The van der Waals surface area contributed by atoms with Crippen LogP contribution >= 0.6 is 12.2 Å². The van der Waals surface area contributed by atoms with E-state index in [0.29, 0.717) is 22.5 Å². The minimum absolute atomic E-state index is 0.291. The lowest BCUT2D eigenvalue weighted by Crippen LogP contribution is -2.45. The number of methoxy groups -OCH3 is 1. The van der Waals surface area contributed by atoms with Gasteiger partial charge in [0.05, 0.1) is 24.8 Å². The number of rotatable bonds is 4. The maximum Gasteiger partial charge on any atom is 0.337 e. The first kappa shape index (κ1) is 16.8. The summed E-state index contributed by atoms with van der Waals surface area (Å²) >= 11 is 5.24. The van der Waals surface area contributed by atoms with Gasteiger partial charge in [0.1, 0.15) is 5.75 Å². The lowest BCUT2D eigenvalue weighted by Gasteiger charge is -2.29. The molecule has 1 fully saturated rings. The smallest absolute Gasteiger partial charge is 0.337 e. The van der Waals surface area contributed by atoms with Gasteiger partial charge in [0.2, 0.25) is 0 Å². The first-order valence-corrected chi connectivity index (χ1v) is 8.62. The Kier molecular flexibility index (Phi) is 5.04. The standard InChI is InChI=1S/C18H22N2O3S/c1-11-15(17(21)22-2)16(20-18(24)19-11)12-6-5-9-14(10-12)23-13-7-3-4-8-13/h5-6,9-10,13,16H,3-4,7-8H2,1-2H3,(H2,19,20,24). The normalized spacial score (nSPS) is 21.2. The van der Waals surface area contributed by atoms with Crippen molar-refractivity contribution in [2.24, 2.45) is 0 Å². The Labute approximate surface area is 147 Å². The van der Waals surface area contributed by atoms with Crippen LogP contribution in [-0.2, 0) is 9.53 Å². The van der Waals surface area contributed by atoms with E-state index in [1.165, 1.54) is 20.0 Å². The zero-order chi connectivity index (χ0) is 17.1. The van der Waals surface area contributed by atoms with Crippen LogP contribution in [0.15, 0.2) is 35.5 Å². The van der Waals surface area contributed by atoms with Gasteiger partial charge in [-0.1, -0.05) is 12.1 Å². The zero-order valence-corrected chi connectivity index (χ0v) is 14.7. The summed E-state index contributed by atoms with van der Waals surface area (Å²) in [6, 6.07) is 7.48. The van der Waals surface area contributed by atoms with Crippen molar-refractivity contribution in [2.45, 2.75) is 44.8 Å². The van der Waals surface area contributed by atoms with Crippen LogP contribution in [0.3, 0.4) is 0 Å². The van der Waals surface area contributed by atoms with Crippen molar-refractivity contribution in [2.75, 3.05) is 7.11 Å². The van der Waals surface area contributed by atoms with Crippen LogP contribution in [0.1, 0.15) is 44.2 Å². The molecule has 0 bridgehead atoms. The SMILES string of the molecule is COC(=O)C1=C(C)NC(=S)NC1c1cccc(OC2CCCC2)c1. The largest absolute Gasteiger partial charge is 0.490 e. The van der Waals surface area contributed by atoms with Crippen LogP contribution in [0.2, 0.25) is 0 Å². The molecule has 128 valence electrons. The quantitative estimate of drug-likeness (QED) is 0.646. The highest BCUT2D eigenvalue weighted by atomic mass is 32.1. The topological polar surface area (TPSA) is 59.6 Å².